The molecule has 0 aliphatic carbocycles. The van der Waals surface area contributed by atoms with Crippen molar-refractivity contribution in [3.8, 4) is 0 Å². The van der Waals surface area contributed by atoms with E-state index in [4.69, 9.17) is 9.05 Å². The summed E-state index contributed by atoms with van der Waals surface area (Å²) >= 11 is 0. The van der Waals surface area contributed by atoms with E-state index < -0.39 is 20.0 Å². The second-order valence-corrected chi connectivity index (χ2v) is 26.7. The predicted octanol–water partition coefficient (Wildman–Crippen LogP) is 23.2. The Labute approximate surface area is 533 Å². The fraction of sp³-hybridized carbons (Fsp3) is 0.727. The van der Waals surface area contributed by atoms with Gasteiger partial charge in [-0.15, -0.1) is 0 Å². The number of phosphoric ester groups is 1. The van der Waals surface area contributed by atoms with E-state index in [9.17, 15) is 19.4 Å². The molecule has 0 spiro atoms. The molecule has 8 nitrogen and oxygen atoms in total. The van der Waals surface area contributed by atoms with Crippen molar-refractivity contribution in [1.29, 1.82) is 0 Å². The minimum absolute atomic E-state index is 0.0536. The van der Waals surface area contributed by atoms with Gasteiger partial charge in [-0.25, -0.2) is 4.57 Å². The minimum atomic E-state index is -4.37. The normalized spacial score (nSPS) is 14.4. The topological polar surface area (TPSA) is 105 Å². The van der Waals surface area contributed by atoms with E-state index in [1.807, 2.05) is 27.2 Å². The molecule has 1 amide bonds. The Morgan fingerprint density at radius 3 is 1.02 bits per heavy atom. The SMILES string of the molecule is CC/C=C\C/C=C\C/C=C\C/C=C\C/C=C\C/C=C\C/C=C\C/C=C\C/C=C\CCCCCCCCCC(=O)NC(COP(=O)(O)OCC[N+](C)(C)C)C(O)/C=C/CCCCCCCCCCCCCCCCCCCCCCCCCCCCC. The van der Waals surface area contributed by atoms with E-state index in [-0.39, 0.29) is 19.1 Å². The van der Waals surface area contributed by atoms with Crippen LogP contribution in [-0.2, 0) is 18.4 Å². The number of nitrogens with one attached hydrogen (secondary N) is 1. The molecule has 3 unspecified atom stereocenters. The average molecular weight is 1220 g/mol. The standard InChI is InChI=1S/C77H137N2O6P/c1-6-8-10-12-14-16-18-20-22-24-26-28-30-32-34-36-37-38-39-40-41-43-45-47-49-51-53-55-57-59-61-63-65-67-69-71-77(81)78-75(74-85-86(82,83)84-73-72-79(3,4)5)76(80)70-68-66-64-62-60-58-56-54-52-50-48-46-44-42-35-33-31-29-27-25-23-21-19-17-15-13-11-9-7-2/h8,10,14,16,20,22,26,28,32,34,37-38,40-41,45,47,51,53,68,70,75-76,80H,6-7,9,11-13,15,17-19,21,23-25,27,29-31,33,35-36,39,42-44,46,48-50,52,54-67,69,71-74H2,1-5H3,(H-,78,81,82,83)/p+1/b10-8-,16-14-,22-20-,28-26-,34-32-,38-37-,41-40-,47-45-,53-51-,70-68+. The lowest BCUT2D eigenvalue weighted by Gasteiger charge is -2.25. The van der Waals surface area contributed by atoms with Crippen LogP contribution in [0, 0.1) is 0 Å². The van der Waals surface area contributed by atoms with E-state index in [0.717, 1.165) is 109 Å². The van der Waals surface area contributed by atoms with Gasteiger partial charge in [0.1, 0.15) is 13.2 Å². The van der Waals surface area contributed by atoms with Gasteiger partial charge in [-0.05, 0) is 89.9 Å². The number of amides is 1. The largest absolute Gasteiger partial charge is 0.472 e. The Kier molecular flexibility index (Phi) is 63.9. The quantitative estimate of drug-likeness (QED) is 0.0243. The van der Waals surface area contributed by atoms with Crippen molar-refractivity contribution in [2.45, 2.75) is 321 Å². The molecule has 0 aromatic heterocycles. The number of nitrogens with zero attached hydrogens (tertiary/aromatic N) is 1. The molecule has 9 heteroatoms. The maximum Gasteiger partial charge on any atom is 0.472 e. The van der Waals surface area contributed by atoms with Gasteiger partial charge in [0.25, 0.3) is 0 Å². The van der Waals surface area contributed by atoms with Crippen LogP contribution in [0.5, 0.6) is 0 Å². The van der Waals surface area contributed by atoms with Crippen LogP contribution in [0.1, 0.15) is 309 Å². The maximum absolute atomic E-state index is 13.1. The molecule has 0 aromatic carbocycles. The van der Waals surface area contributed by atoms with Gasteiger partial charge in [-0.3, -0.25) is 13.8 Å². The van der Waals surface area contributed by atoms with Gasteiger partial charge >= 0.3 is 7.82 Å². The van der Waals surface area contributed by atoms with Crippen LogP contribution in [0.15, 0.2) is 122 Å². The molecule has 3 N–H and O–H groups in total. The van der Waals surface area contributed by atoms with Gasteiger partial charge < -0.3 is 19.8 Å². The molecular weight excluding hydrogens is 1080 g/mol. The van der Waals surface area contributed by atoms with Gasteiger partial charge in [-0.2, -0.15) is 0 Å². The fourth-order valence-corrected chi connectivity index (χ4v) is 10.9. The highest BCUT2D eigenvalue weighted by atomic mass is 31.2. The molecule has 3 atom stereocenters. The number of likely N-dealkylation sites (N-methyl/N-ethyl adjacent to an activating group) is 1. The van der Waals surface area contributed by atoms with E-state index in [1.54, 1.807) is 6.08 Å². The Bertz CT molecular complexity index is 1820. The van der Waals surface area contributed by atoms with Crippen molar-refractivity contribution in [3.05, 3.63) is 122 Å². The first kappa shape index (κ1) is 82.9. The first-order valence-electron chi connectivity index (χ1n) is 35.9. The Morgan fingerprint density at radius 2 is 0.698 bits per heavy atom. The molecule has 496 valence electrons. The third-order valence-corrected chi connectivity index (χ3v) is 16.7. The lowest BCUT2D eigenvalue weighted by Crippen LogP contribution is -2.45. The van der Waals surface area contributed by atoms with Crippen LogP contribution in [0.25, 0.3) is 0 Å². The molecule has 0 aliphatic rings. The molecule has 0 aliphatic heterocycles. The number of carbonyl (C=O) groups is 1. The zero-order chi connectivity index (χ0) is 62.6. The van der Waals surface area contributed by atoms with Crippen LogP contribution < -0.4 is 5.32 Å². The number of aliphatic hydroxyl groups is 1. The van der Waals surface area contributed by atoms with Crippen LogP contribution in [0.2, 0.25) is 0 Å². The van der Waals surface area contributed by atoms with Gasteiger partial charge in [0.2, 0.25) is 5.91 Å². The summed E-state index contributed by atoms with van der Waals surface area (Å²) in [5, 5.41) is 14.0. The highest BCUT2D eigenvalue weighted by Crippen LogP contribution is 2.43. The van der Waals surface area contributed by atoms with Crippen LogP contribution >= 0.6 is 7.82 Å². The molecule has 0 heterocycles. The summed E-state index contributed by atoms with van der Waals surface area (Å²) in [5.74, 6) is -0.190. The van der Waals surface area contributed by atoms with Crippen molar-refractivity contribution in [2.24, 2.45) is 0 Å². The number of unbranched alkanes of at least 4 members (excludes halogenated alkanes) is 34. The van der Waals surface area contributed by atoms with Crippen molar-refractivity contribution < 1.29 is 32.9 Å². The third kappa shape index (κ3) is 68.4. The summed E-state index contributed by atoms with van der Waals surface area (Å²) in [4.78, 5) is 23.4. The van der Waals surface area contributed by atoms with Crippen molar-refractivity contribution in [3.63, 3.8) is 0 Å². The van der Waals surface area contributed by atoms with Gasteiger partial charge in [0.05, 0.1) is 39.9 Å². The molecule has 86 heavy (non-hydrogen) atoms. The summed E-state index contributed by atoms with van der Waals surface area (Å²) in [6.45, 7) is 4.72. The first-order valence-corrected chi connectivity index (χ1v) is 37.4. The number of quaternary nitrogens is 1. The summed E-state index contributed by atoms with van der Waals surface area (Å²) in [5.41, 5.74) is 0. The van der Waals surface area contributed by atoms with E-state index >= 15 is 0 Å². The number of rotatable bonds is 65. The number of hydrogen-bond donors (Lipinski definition) is 3. The Balaban J connectivity index is 4.15. The second kappa shape index (κ2) is 66.3. The number of allylic oxidation sites excluding steroid dienone is 19. The highest BCUT2D eigenvalue weighted by Gasteiger charge is 2.28. The van der Waals surface area contributed by atoms with E-state index in [1.165, 1.54) is 180 Å². The summed E-state index contributed by atoms with van der Waals surface area (Å²) in [6.07, 6.45) is 99.1. The van der Waals surface area contributed by atoms with Crippen molar-refractivity contribution in [1.82, 2.24) is 5.32 Å². The third-order valence-electron chi connectivity index (χ3n) is 15.7. The zero-order valence-electron chi connectivity index (χ0n) is 56.8. The minimum Gasteiger partial charge on any atom is -0.387 e. The maximum atomic E-state index is 13.1. The van der Waals surface area contributed by atoms with Crippen LogP contribution in [0.3, 0.4) is 0 Å². The summed E-state index contributed by atoms with van der Waals surface area (Å²) in [7, 11) is 1.56. The first-order chi connectivity index (χ1) is 42.0. The fourth-order valence-electron chi connectivity index (χ4n) is 10.2. The molecule has 0 fully saturated rings. The predicted molar refractivity (Wildman–Crippen MR) is 378 cm³/mol. The molecule has 0 bridgehead atoms. The molecule has 0 aromatic rings. The van der Waals surface area contributed by atoms with Gasteiger partial charge in [0.15, 0.2) is 0 Å². The van der Waals surface area contributed by atoms with Crippen LogP contribution in [0.4, 0.5) is 0 Å². The lowest BCUT2D eigenvalue weighted by molar-refractivity contribution is -0.870. The average Bonchev–Trinajstić information content (AvgIpc) is 3.70. The summed E-state index contributed by atoms with van der Waals surface area (Å²) < 4.78 is 23.8. The van der Waals surface area contributed by atoms with Gasteiger partial charge in [-0.1, -0.05) is 334 Å². The van der Waals surface area contributed by atoms with Gasteiger partial charge in [0, 0.05) is 6.42 Å². The molecule has 0 radical (unpaired) electrons. The number of aliphatic hydroxyl groups excluding tert-OH is 1. The van der Waals surface area contributed by atoms with E-state index in [2.05, 4.69) is 129 Å². The van der Waals surface area contributed by atoms with Crippen molar-refractivity contribution in [2.75, 3.05) is 40.9 Å². The molecule has 0 saturated heterocycles. The van der Waals surface area contributed by atoms with Crippen LogP contribution in [-0.4, -0.2) is 73.4 Å². The summed E-state index contributed by atoms with van der Waals surface area (Å²) in [6, 6.07) is -0.864. The number of phosphoric acid groups is 1. The molecular formula is C77H138N2O6P+. The Morgan fingerprint density at radius 1 is 0.407 bits per heavy atom. The monoisotopic (exact) mass is 1220 g/mol. The zero-order valence-corrected chi connectivity index (χ0v) is 57.7. The number of carbonyl (C=O) groups excluding carboxylic acids is 1. The molecule has 0 rings (SSSR count). The second-order valence-electron chi connectivity index (χ2n) is 25.2. The van der Waals surface area contributed by atoms with Crippen molar-refractivity contribution >= 4 is 13.7 Å². The van der Waals surface area contributed by atoms with E-state index in [0.29, 0.717) is 17.4 Å². The molecule has 0 saturated carbocycles. The smallest absolute Gasteiger partial charge is 0.387 e. The lowest BCUT2D eigenvalue weighted by atomic mass is 10.0. The number of hydrogen-bond acceptors (Lipinski definition) is 5. The highest BCUT2D eigenvalue weighted by molar-refractivity contribution is 7.47. The Hall–Kier alpha value is -3.10.